The molecule has 2 heterocycles. The molecular formula is C15H12N5O2VY-. The summed E-state index contributed by atoms with van der Waals surface area (Å²) < 4.78 is 4.89. The second kappa shape index (κ2) is 9.08. The van der Waals surface area contributed by atoms with E-state index in [1.807, 2.05) is 24.3 Å². The molecule has 0 saturated heterocycles. The van der Waals surface area contributed by atoms with E-state index < -0.39 is 5.97 Å². The Hall–Kier alpha value is -1.53. The molecule has 24 heavy (non-hydrogen) atoms. The summed E-state index contributed by atoms with van der Waals surface area (Å²) in [5.74, 6) is -0.00860. The zero-order chi connectivity index (χ0) is 15.5. The number of hydrogen-bond donors (Lipinski definition) is 1. The van der Waals surface area contributed by atoms with Crippen molar-refractivity contribution >= 4 is 28.5 Å². The maximum atomic E-state index is 11.0. The molecule has 0 aliphatic carbocycles. The van der Waals surface area contributed by atoms with E-state index in [0.717, 1.165) is 11.3 Å². The Morgan fingerprint density at radius 2 is 1.96 bits per heavy atom. The van der Waals surface area contributed by atoms with Crippen molar-refractivity contribution in [1.29, 1.82) is 0 Å². The number of nitrogens with one attached hydrogen (secondary N) is 1. The molecule has 2 aromatic heterocycles. The largest absolute Gasteiger partial charge is 0.391 e. The number of hydrogen-bond acceptors (Lipinski definition) is 7. The first-order valence-electron chi connectivity index (χ1n) is 6.47. The second-order valence-corrected chi connectivity index (χ2v) is 4.48. The number of carbonyl (C=O) groups is 1. The fraction of sp³-hybridized carbons (Fsp3) is 0.0667. The van der Waals surface area contributed by atoms with Crippen LogP contribution in [0.3, 0.4) is 0 Å². The molecule has 0 fully saturated rings. The molecule has 0 amide bonds. The van der Waals surface area contributed by atoms with Gasteiger partial charge in [0.25, 0.3) is 0 Å². The average molecular weight is 434 g/mol. The standard InChI is InChI=1S/C15H12N5O2.V.Y/c1-9-5-3-4-6-11(9)19-14-13-12(17-8-18-14)7-16-15(20-13)22-10(2)21;;/h3-8H,1H2,2H3,(H,17,18,19);;/q-1;;. The van der Waals surface area contributed by atoms with Crippen LogP contribution >= 0.6 is 0 Å². The number of anilines is 2. The van der Waals surface area contributed by atoms with Crippen LogP contribution in [-0.4, -0.2) is 25.9 Å². The first-order valence-corrected chi connectivity index (χ1v) is 6.47. The molecule has 9 heteroatoms. The molecule has 0 unspecified atom stereocenters. The molecule has 1 aromatic carbocycles. The van der Waals surface area contributed by atoms with Gasteiger partial charge in [-0.15, -0.1) is 6.07 Å². The normalized spacial score (nSPS) is 9.54. The van der Waals surface area contributed by atoms with Crippen molar-refractivity contribution in [3.8, 4) is 6.01 Å². The predicted molar refractivity (Wildman–Crippen MR) is 80.6 cm³/mol. The molecule has 3 aromatic rings. The van der Waals surface area contributed by atoms with E-state index in [4.69, 9.17) is 4.74 Å². The summed E-state index contributed by atoms with van der Waals surface area (Å²) in [5, 5.41) is 3.15. The van der Waals surface area contributed by atoms with Crippen LogP contribution in [0.5, 0.6) is 6.01 Å². The van der Waals surface area contributed by atoms with E-state index in [0.29, 0.717) is 16.9 Å². The molecule has 3 rings (SSSR count). The number of nitrogens with zero attached hydrogens (tertiary/aromatic N) is 4. The first-order chi connectivity index (χ1) is 10.6. The summed E-state index contributed by atoms with van der Waals surface area (Å²) >= 11 is 0. The number of esters is 1. The van der Waals surface area contributed by atoms with Gasteiger partial charge in [0, 0.05) is 58.2 Å². The van der Waals surface area contributed by atoms with Gasteiger partial charge in [0.2, 0.25) is 0 Å². The molecule has 0 saturated carbocycles. The average Bonchev–Trinajstić information content (AvgIpc) is 2.49. The van der Waals surface area contributed by atoms with Crippen molar-refractivity contribution in [3.05, 3.63) is 49.3 Å². The summed E-state index contributed by atoms with van der Waals surface area (Å²) in [7, 11) is 0. The molecule has 0 bridgehead atoms. The third kappa shape index (κ3) is 4.74. The van der Waals surface area contributed by atoms with Crippen molar-refractivity contribution in [2.45, 2.75) is 6.92 Å². The van der Waals surface area contributed by atoms with Crippen molar-refractivity contribution < 1.29 is 60.8 Å². The van der Waals surface area contributed by atoms with E-state index in [9.17, 15) is 4.79 Å². The summed E-state index contributed by atoms with van der Waals surface area (Å²) in [6.45, 7) is 5.23. The third-order valence-corrected chi connectivity index (χ3v) is 2.86. The Labute approximate surface area is 175 Å². The van der Waals surface area contributed by atoms with Gasteiger partial charge in [0.1, 0.15) is 23.2 Å². The number of ether oxygens (including phenoxy) is 1. The maximum absolute atomic E-state index is 11.0. The fourth-order valence-corrected chi connectivity index (χ4v) is 1.88. The van der Waals surface area contributed by atoms with Gasteiger partial charge < -0.3 is 10.1 Å². The van der Waals surface area contributed by atoms with Crippen LogP contribution in [0.25, 0.3) is 11.0 Å². The molecule has 7 nitrogen and oxygen atoms in total. The van der Waals surface area contributed by atoms with E-state index in [2.05, 4.69) is 32.2 Å². The van der Waals surface area contributed by atoms with Crippen LogP contribution in [0, 0.1) is 6.92 Å². The predicted octanol–water partition coefficient (Wildman–Crippen LogP) is 2.27. The van der Waals surface area contributed by atoms with Crippen molar-refractivity contribution in [2.75, 3.05) is 5.32 Å². The number of benzene rings is 1. The van der Waals surface area contributed by atoms with E-state index in [1.54, 1.807) is 0 Å². The number of fused-ring (bicyclic) bond motifs is 1. The summed E-state index contributed by atoms with van der Waals surface area (Å²) in [5.41, 5.74) is 2.62. The van der Waals surface area contributed by atoms with Crippen molar-refractivity contribution in [3.63, 3.8) is 0 Å². The van der Waals surface area contributed by atoms with Crippen molar-refractivity contribution in [1.82, 2.24) is 19.9 Å². The monoisotopic (exact) mass is 434 g/mol. The van der Waals surface area contributed by atoms with Gasteiger partial charge in [0.15, 0.2) is 0 Å². The van der Waals surface area contributed by atoms with Crippen LogP contribution in [0.1, 0.15) is 12.5 Å². The Kier molecular flexibility index (Phi) is 7.76. The van der Waals surface area contributed by atoms with Gasteiger partial charge in [-0.05, 0) is 0 Å². The van der Waals surface area contributed by atoms with Crippen LogP contribution in [-0.2, 0) is 56.1 Å². The summed E-state index contributed by atoms with van der Waals surface area (Å²) in [4.78, 5) is 27.4. The maximum Gasteiger partial charge on any atom is 0.325 e. The zero-order valence-corrected chi connectivity index (χ0v) is 17.0. The molecule has 0 spiro atoms. The molecule has 0 aliphatic rings. The smallest absolute Gasteiger partial charge is 0.325 e. The van der Waals surface area contributed by atoms with E-state index >= 15 is 0 Å². The summed E-state index contributed by atoms with van der Waals surface area (Å²) in [6, 6.07) is 7.50. The number of rotatable bonds is 3. The molecule has 0 atom stereocenters. The van der Waals surface area contributed by atoms with Gasteiger partial charge in [0.05, 0.1) is 6.20 Å². The minimum absolute atomic E-state index is 0. The van der Waals surface area contributed by atoms with Gasteiger partial charge in [-0.25, -0.2) is 15.0 Å². The van der Waals surface area contributed by atoms with E-state index in [-0.39, 0.29) is 57.3 Å². The Morgan fingerprint density at radius 3 is 2.67 bits per heavy atom. The van der Waals surface area contributed by atoms with Crippen LogP contribution < -0.4 is 10.1 Å². The first kappa shape index (κ1) is 20.5. The summed E-state index contributed by atoms with van der Waals surface area (Å²) in [6.07, 6.45) is 2.88. The van der Waals surface area contributed by atoms with Gasteiger partial charge in [-0.3, -0.25) is 4.79 Å². The molecule has 0 aliphatic heterocycles. The van der Waals surface area contributed by atoms with Crippen LogP contribution in [0.2, 0.25) is 0 Å². The molecule has 118 valence electrons. The molecular weight excluding hydrogens is 422 g/mol. The second-order valence-electron chi connectivity index (χ2n) is 4.48. The van der Waals surface area contributed by atoms with Gasteiger partial charge in [-0.1, -0.05) is 17.8 Å². The molecule has 1 N–H and O–H groups in total. The van der Waals surface area contributed by atoms with E-state index in [1.165, 1.54) is 19.4 Å². The minimum atomic E-state index is -0.492. The van der Waals surface area contributed by atoms with Crippen LogP contribution in [0.15, 0.2) is 36.8 Å². The Balaban J connectivity index is 0.00000144. The number of aromatic nitrogens is 4. The molecule has 2 radical (unpaired) electrons. The number of para-hydroxylation sites is 1. The zero-order valence-electron chi connectivity index (χ0n) is 12.8. The number of carbonyl (C=O) groups excluding carboxylic acids is 1. The SMILES string of the molecule is [CH2-]c1ccccc1Nc1ncnc2cnc(OC(C)=O)nc12.[V].[Y]. The topological polar surface area (TPSA) is 89.9 Å². The fourth-order valence-electron chi connectivity index (χ4n) is 1.88. The third-order valence-electron chi connectivity index (χ3n) is 2.86. The Morgan fingerprint density at radius 1 is 1.21 bits per heavy atom. The minimum Gasteiger partial charge on any atom is -0.391 e. The quantitative estimate of drug-likeness (QED) is 0.500. The van der Waals surface area contributed by atoms with Gasteiger partial charge >= 0.3 is 12.0 Å². The van der Waals surface area contributed by atoms with Crippen LogP contribution in [0.4, 0.5) is 11.5 Å². The Bertz CT molecular complexity index is 862. The van der Waals surface area contributed by atoms with Gasteiger partial charge in [-0.2, -0.15) is 23.5 Å². The van der Waals surface area contributed by atoms with Crippen molar-refractivity contribution in [2.24, 2.45) is 0 Å².